The molecule has 29 heavy (non-hydrogen) atoms. The number of carbonyl (C=O) groups excluding carboxylic acids is 1. The fourth-order valence-electron chi connectivity index (χ4n) is 2.83. The highest BCUT2D eigenvalue weighted by Crippen LogP contribution is 2.06. The van der Waals surface area contributed by atoms with Crippen LogP contribution in [0.1, 0.15) is 28.7 Å². The zero-order valence-electron chi connectivity index (χ0n) is 16.6. The number of amides is 1. The number of benzene rings is 1. The number of rotatable bonds is 7. The molecule has 0 saturated carbocycles. The maximum atomic E-state index is 11.8. The number of hydrogen-bond donors (Lipinski definition) is 3. The van der Waals surface area contributed by atoms with Crippen molar-refractivity contribution in [3.8, 4) is 0 Å². The molecule has 0 radical (unpaired) electrons. The van der Waals surface area contributed by atoms with E-state index in [9.17, 15) is 4.79 Å². The van der Waals surface area contributed by atoms with E-state index in [1.807, 2.05) is 60.0 Å². The van der Waals surface area contributed by atoms with E-state index in [1.165, 1.54) is 0 Å². The molecule has 1 amide bonds. The zero-order valence-corrected chi connectivity index (χ0v) is 18.9. The van der Waals surface area contributed by atoms with Crippen LogP contribution in [0, 0.1) is 0 Å². The molecule has 8 nitrogen and oxygen atoms in total. The highest BCUT2D eigenvalue weighted by Gasteiger charge is 2.06. The standard InChI is InChI=1S/C20H25N7O.HI/c1-3-22-20(24-14-18-26-25-17-9-4-5-12-27(17)18)23-11-10-15-7-6-8-16(13-15)19(28)21-2;/h4-9,12-13H,3,10-11,14H2,1-2H3,(H,21,28)(H2,22,23,24);1H. The van der Waals surface area contributed by atoms with Crippen LogP contribution in [0.2, 0.25) is 0 Å². The van der Waals surface area contributed by atoms with Crippen molar-refractivity contribution in [2.24, 2.45) is 4.99 Å². The second-order valence-electron chi connectivity index (χ2n) is 6.20. The van der Waals surface area contributed by atoms with Crippen LogP contribution in [0.3, 0.4) is 0 Å². The summed E-state index contributed by atoms with van der Waals surface area (Å²) >= 11 is 0. The van der Waals surface area contributed by atoms with Crippen LogP contribution in [-0.4, -0.2) is 46.6 Å². The number of halogens is 1. The van der Waals surface area contributed by atoms with E-state index in [4.69, 9.17) is 0 Å². The fraction of sp³-hybridized carbons (Fsp3) is 0.300. The molecular weight excluding hydrogens is 481 g/mol. The summed E-state index contributed by atoms with van der Waals surface area (Å²) in [5, 5.41) is 17.6. The predicted molar refractivity (Wildman–Crippen MR) is 125 cm³/mol. The second-order valence-corrected chi connectivity index (χ2v) is 6.20. The minimum absolute atomic E-state index is 0. The van der Waals surface area contributed by atoms with Crippen LogP contribution < -0.4 is 16.0 Å². The van der Waals surface area contributed by atoms with Gasteiger partial charge in [0.1, 0.15) is 6.54 Å². The Balaban J connectivity index is 0.00000300. The molecule has 0 unspecified atom stereocenters. The second kappa shape index (κ2) is 11.3. The lowest BCUT2D eigenvalue weighted by Crippen LogP contribution is -2.38. The first-order valence-electron chi connectivity index (χ1n) is 9.33. The SMILES string of the molecule is CCNC(=NCc1nnc2ccccn12)NCCc1cccc(C(=O)NC)c1.I. The van der Waals surface area contributed by atoms with Gasteiger partial charge in [0, 0.05) is 31.9 Å². The van der Waals surface area contributed by atoms with Crippen molar-refractivity contribution >= 4 is 41.5 Å². The number of guanidine groups is 1. The average molecular weight is 507 g/mol. The Hall–Kier alpha value is -2.69. The van der Waals surface area contributed by atoms with Gasteiger partial charge in [0.25, 0.3) is 5.91 Å². The quantitative estimate of drug-likeness (QED) is 0.259. The van der Waals surface area contributed by atoms with E-state index in [0.29, 0.717) is 18.7 Å². The van der Waals surface area contributed by atoms with Gasteiger partial charge in [0.2, 0.25) is 0 Å². The molecule has 0 aliphatic heterocycles. The molecule has 0 spiro atoms. The lowest BCUT2D eigenvalue weighted by molar-refractivity contribution is 0.0963. The van der Waals surface area contributed by atoms with E-state index in [0.717, 1.165) is 36.0 Å². The van der Waals surface area contributed by atoms with Gasteiger partial charge in [-0.3, -0.25) is 9.20 Å². The van der Waals surface area contributed by atoms with Crippen LogP contribution in [-0.2, 0) is 13.0 Å². The molecule has 3 N–H and O–H groups in total. The number of carbonyl (C=O) groups is 1. The van der Waals surface area contributed by atoms with E-state index in [-0.39, 0.29) is 29.9 Å². The molecule has 0 saturated heterocycles. The highest BCUT2D eigenvalue weighted by atomic mass is 127. The molecule has 0 aliphatic rings. The topological polar surface area (TPSA) is 95.7 Å². The van der Waals surface area contributed by atoms with Crippen LogP contribution in [0.25, 0.3) is 5.65 Å². The lowest BCUT2D eigenvalue weighted by Gasteiger charge is -2.11. The zero-order chi connectivity index (χ0) is 19.8. The van der Waals surface area contributed by atoms with E-state index in [2.05, 4.69) is 31.1 Å². The highest BCUT2D eigenvalue weighted by molar-refractivity contribution is 14.0. The normalized spacial score (nSPS) is 11.0. The summed E-state index contributed by atoms with van der Waals surface area (Å²) in [6.45, 7) is 3.91. The predicted octanol–water partition coefficient (Wildman–Crippen LogP) is 2.00. The molecule has 0 fully saturated rings. The molecule has 0 bridgehead atoms. The molecule has 0 aliphatic carbocycles. The molecule has 3 aromatic rings. The molecule has 2 heterocycles. The Kier molecular flexibility index (Phi) is 8.84. The first-order chi connectivity index (χ1) is 13.7. The van der Waals surface area contributed by atoms with Gasteiger partial charge in [-0.25, -0.2) is 4.99 Å². The number of aliphatic imine (C=N–C) groups is 1. The van der Waals surface area contributed by atoms with Gasteiger partial charge in [-0.15, -0.1) is 34.2 Å². The number of nitrogens with one attached hydrogen (secondary N) is 3. The van der Waals surface area contributed by atoms with Crippen molar-refractivity contribution in [2.75, 3.05) is 20.1 Å². The summed E-state index contributed by atoms with van der Waals surface area (Å²) in [6.07, 6.45) is 2.71. The van der Waals surface area contributed by atoms with Crippen LogP contribution in [0.15, 0.2) is 53.7 Å². The Labute approximate surface area is 187 Å². The van der Waals surface area contributed by atoms with E-state index >= 15 is 0 Å². The summed E-state index contributed by atoms with van der Waals surface area (Å²) in [6, 6.07) is 13.4. The van der Waals surface area contributed by atoms with Crippen molar-refractivity contribution < 1.29 is 4.79 Å². The number of aromatic nitrogens is 3. The summed E-state index contributed by atoms with van der Waals surface area (Å²) in [5.74, 6) is 1.42. The Morgan fingerprint density at radius 1 is 1.14 bits per heavy atom. The molecule has 2 aromatic heterocycles. The molecular formula is C20H26IN7O. The van der Waals surface area contributed by atoms with Crippen molar-refractivity contribution in [3.05, 3.63) is 65.6 Å². The third kappa shape index (κ3) is 6.14. The Morgan fingerprint density at radius 3 is 2.79 bits per heavy atom. The van der Waals surface area contributed by atoms with Gasteiger partial charge in [-0.1, -0.05) is 18.2 Å². The number of fused-ring (bicyclic) bond motifs is 1. The first kappa shape index (κ1) is 22.6. The third-order valence-corrected chi connectivity index (χ3v) is 4.23. The monoisotopic (exact) mass is 507 g/mol. The number of hydrogen-bond acceptors (Lipinski definition) is 4. The maximum absolute atomic E-state index is 11.8. The van der Waals surface area contributed by atoms with Crippen LogP contribution >= 0.6 is 24.0 Å². The maximum Gasteiger partial charge on any atom is 0.251 e. The van der Waals surface area contributed by atoms with Crippen LogP contribution in [0.5, 0.6) is 0 Å². The molecule has 0 atom stereocenters. The van der Waals surface area contributed by atoms with Gasteiger partial charge in [0.05, 0.1) is 0 Å². The first-order valence-corrected chi connectivity index (χ1v) is 9.33. The van der Waals surface area contributed by atoms with Gasteiger partial charge >= 0.3 is 0 Å². The minimum atomic E-state index is -0.0785. The lowest BCUT2D eigenvalue weighted by atomic mass is 10.1. The van der Waals surface area contributed by atoms with Crippen molar-refractivity contribution in [3.63, 3.8) is 0 Å². The van der Waals surface area contributed by atoms with Gasteiger partial charge in [-0.2, -0.15) is 0 Å². The minimum Gasteiger partial charge on any atom is -0.357 e. The van der Waals surface area contributed by atoms with Gasteiger partial charge in [0.15, 0.2) is 17.4 Å². The number of pyridine rings is 1. The molecule has 3 rings (SSSR count). The fourth-order valence-corrected chi connectivity index (χ4v) is 2.83. The van der Waals surface area contributed by atoms with Crippen molar-refractivity contribution in [1.29, 1.82) is 0 Å². The smallest absolute Gasteiger partial charge is 0.251 e. The van der Waals surface area contributed by atoms with Gasteiger partial charge < -0.3 is 16.0 Å². The summed E-state index contributed by atoms with van der Waals surface area (Å²) in [5.41, 5.74) is 2.56. The number of nitrogens with zero attached hydrogens (tertiary/aromatic N) is 4. The molecule has 1 aromatic carbocycles. The molecule has 9 heteroatoms. The van der Waals surface area contributed by atoms with E-state index < -0.39 is 0 Å². The largest absolute Gasteiger partial charge is 0.357 e. The van der Waals surface area contributed by atoms with Crippen molar-refractivity contribution in [2.45, 2.75) is 19.9 Å². The van der Waals surface area contributed by atoms with Crippen molar-refractivity contribution in [1.82, 2.24) is 30.5 Å². The van der Waals surface area contributed by atoms with E-state index in [1.54, 1.807) is 7.05 Å². The van der Waals surface area contributed by atoms with Crippen LogP contribution in [0.4, 0.5) is 0 Å². The summed E-state index contributed by atoms with van der Waals surface area (Å²) in [4.78, 5) is 16.4. The Bertz CT molecular complexity index is 970. The van der Waals surface area contributed by atoms with Gasteiger partial charge in [-0.05, 0) is 43.2 Å². The average Bonchev–Trinajstić information content (AvgIpc) is 3.15. The summed E-state index contributed by atoms with van der Waals surface area (Å²) < 4.78 is 1.93. The molecule has 154 valence electrons. The summed E-state index contributed by atoms with van der Waals surface area (Å²) in [7, 11) is 1.63. The third-order valence-electron chi connectivity index (χ3n) is 4.23. The Morgan fingerprint density at radius 2 is 2.00 bits per heavy atom.